The average molecular weight is 386 g/mol. The molecule has 1 amide bonds. The summed E-state index contributed by atoms with van der Waals surface area (Å²) in [4.78, 5) is 17.3. The van der Waals surface area contributed by atoms with E-state index in [9.17, 15) is 9.90 Å². The van der Waals surface area contributed by atoms with Crippen LogP contribution in [0.1, 0.15) is 33.1 Å². The number of piperazine rings is 1. The van der Waals surface area contributed by atoms with Gasteiger partial charge in [-0.05, 0) is 26.2 Å². The molecule has 2 aliphatic heterocycles. The van der Waals surface area contributed by atoms with E-state index in [0.717, 1.165) is 38.9 Å². The highest BCUT2D eigenvalue weighted by Crippen LogP contribution is 2.32. The molecular formula is C16H33Cl2N3O3. The maximum Gasteiger partial charge on any atom is 0.230 e. The fourth-order valence-electron chi connectivity index (χ4n) is 3.65. The molecule has 3 N–H and O–H groups in total. The van der Waals surface area contributed by atoms with Gasteiger partial charge in [-0.15, -0.1) is 24.8 Å². The van der Waals surface area contributed by atoms with Crippen molar-refractivity contribution in [2.75, 3.05) is 45.9 Å². The Morgan fingerprint density at radius 3 is 2.46 bits per heavy atom. The number of aliphatic hydroxyl groups excluding tert-OH is 1. The number of hydrogen-bond donors (Lipinski definition) is 2. The van der Waals surface area contributed by atoms with E-state index in [4.69, 9.17) is 10.5 Å². The fourth-order valence-corrected chi connectivity index (χ4v) is 3.65. The van der Waals surface area contributed by atoms with Gasteiger partial charge in [0.25, 0.3) is 0 Å². The van der Waals surface area contributed by atoms with Crippen LogP contribution in [0.15, 0.2) is 0 Å². The Bertz CT molecular complexity index is 380. The molecule has 24 heavy (non-hydrogen) atoms. The Morgan fingerprint density at radius 2 is 1.96 bits per heavy atom. The topological polar surface area (TPSA) is 79.0 Å². The second-order valence-corrected chi connectivity index (χ2v) is 6.75. The summed E-state index contributed by atoms with van der Waals surface area (Å²) >= 11 is 0. The molecule has 2 unspecified atom stereocenters. The van der Waals surface area contributed by atoms with Gasteiger partial charge >= 0.3 is 0 Å². The van der Waals surface area contributed by atoms with Crippen molar-refractivity contribution in [3.8, 4) is 0 Å². The van der Waals surface area contributed by atoms with Crippen LogP contribution >= 0.6 is 24.8 Å². The lowest BCUT2D eigenvalue weighted by Crippen LogP contribution is -2.60. The highest BCUT2D eigenvalue weighted by Gasteiger charge is 2.43. The average Bonchev–Trinajstić information content (AvgIpc) is 2.54. The number of hydrogen-bond acceptors (Lipinski definition) is 5. The van der Waals surface area contributed by atoms with E-state index in [1.54, 1.807) is 0 Å². The number of carbonyl (C=O) groups excluding carboxylic acids is 1. The van der Waals surface area contributed by atoms with E-state index in [1.165, 1.54) is 0 Å². The standard InChI is InChI=1S/C16H31N3O3.2ClH/c1-3-14-11-19(7-6-18(14)10-13(2)20)15(21)16(12-17)4-8-22-9-5-16;;/h13-14,20H,3-12,17H2,1-2H3;2*1H. The van der Waals surface area contributed by atoms with Gasteiger partial charge in [-0.2, -0.15) is 0 Å². The number of rotatable bonds is 5. The highest BCUT2D eigenvalue weighted by molar-refractivity contribution is 5.85. The Kier molecular flexibility index (Phi) is 10.7. The molecule has 144 valence electrons. The Labute approximate surface area is 157 Å². The van der Waals surface area contributed by atoms with Gasteiger partial charge in [0.2, 0.25) is 5.91 Å². The second kappa shape index (κ2) is 10.8. The van der Waals surface area contributed by atoms with Crippen molar-refractivity contribution in [3.05, 3.63) is 0 Å². The zero-order valence-corrected chi connectivity index (χ0v) is 16.4. The fraction of sp³-hybridized carbons (Fsp3) is 0.938. The summed E-state index contributed by atoms with van der Waals surface area (Å²) in [5.74, 6) is 0.202. The predicted octanol–water partition coefficient (Wildman–Crippen LogP) is 0.889. The summed E-state index contributed by atoms with van der Waals surface area (Å²) in [5.41, 5.74) is 5.53. The molecule has 0 radical (unpaired) electrons. The number of nitrogens with two attached hydrogens (primary N) is 1. The van der Waals surface area contributed by atoms with Crippen LogP contribution in [0.25, 0.3) is 0 Å². The second-order valence-electron chi connectivity index (χ2n) is 6.75. The van der Waals surface area contributed by atoms with Crippen LogP contribution in [0.4, 0.5) is 0 Å². The van der Waals surface area contributed by atoms with Gasteiger partial charge in [-0.1, -0.05) is 6.92 Å². The maximum atomic E-state index is 13.0. The minimum atomic E-state index is -0.428. The lowest BCUT2D eigenvalue weighted by Gasteiger charge is -2.45. The first-order valence-corrected chi connectivity index (χ1v) is 8.51. The molecule has 0 aromatic rings. The first kappa shape index (κ1) is 23.9. The summed E-state index contributed by atoms with van der Waals surface area (Å²) in [6.07, 6.45) is 2.11. The molecule has 0 bridgehead atoms. The number of halogens is 2. The van der Waals surface area contributed by atoms with Crippen LogP contribution in [-0.2, 0) is 9.53 Å². The van der Waals surface area contributed by atoms with Crippen LogP contribution < -0.4 is 5.73 Å². The Balaban J connectivity index is 0.00000264. The van der Waals surface area contributed by atoms with Gasteiger partial charge in [-0.25, -0.2) is 0 Å². The van der Waals surface area contributed by atoms with Gasteiger partial charge in [-0.3, -0.25) is 9.69 Å². The number of ether oxygens (including phenoxy) is 1. The molecule has 0 aromatic carbocycles. The molecule has 0 saturated carbocycles. The predicted molar refractivity (Wildman–Crippen MR) is 99.9 cm³/mol. The molecule has 2 heterocycles. The lowest BCUT2D eigenvalue weighted by molar-refractivity contribution is -0.150. The summed E-state index contributed by atoms with van der Waals surface area (Å²) in [7, 11) is 0. The molecule has 0 aliphatic carbocycles. The number of carbonyl (C=O) groups is 1. The molecule has 6 nitrogen and oxygen atoms in total. The first-order chi connectivity index (χ1) is 10.5. The molecule has 0 spiro atoms. The van der Waals surface area contributed by atoms with Crippen molar-refractivity contribution in [2.45, 2.75) is 45.3 Å². The molecule has 2 fully saturated rings. The normalized spacial score (nSPS) is 25.3. The minimum Gasteiger partial charge on any atom is -0.392 e. The number of aliphatic hydroxyl groups is 1. The third kappa shape index (κ3) is 5.44. The van der Waals surface area contributed by atoms with E-state index in [0.29, 0.717) is 32.3 Å². The van der Waals surface area contributed by atoms with Crippen LogP contribution in [-0.4, -0.2) is 78.9 Å². The van der Waals surface area contributed by atoms with Gasteiger partial charge in [0.15, 0.2) is 0 Å². The van der Waals surface area contributed by atoms with Crippen molar-refractivity contribution in [3.63, 3.8) is 0 Å². The Hall–Kier alpha value is -0.110. The SMILES string of the molecule is CCC1CN(C(=O)C2(CN)CCOCC2)CCN1CC(C)O.Cl.Cl. The van der Waals surface area contributed by atoms with E-state index < -0.39 is 5.41 Å². The van der Waals surface area contributed by atoms with Gasteiger partial charge in [0.1, 0.15) is 0 Å². The number of amides is 1. The van der Waals surface area contributed by atoms with E-state index >= 15 is 0 Å². The van der Waals surface area contributed by atoms with Crippen molar-refractivity contribution in [1.82, 2.24) is 9.80 Å². The van der Waals surface area contributed by atoms with E-state index in [2.05, 4.69) is 11.8 Å². The molecule has 2 rings (SSSR count). The lowest BCUT2D eigenvalue weighted by atomic mass is 9.78. The summed E-state index contributed by atoms with van der Waals surface area (Å²) in [6.45, 7) is 8.58. The molecule has 8 heteroatoms. The van der Waals surface area contributed by atoms with Crippen LogP contribution in [0.5, 0.6) is 0 Å². The number of nitrogens with zero attached hydrogens (tertiary/aromatic N) is 2. The molecular weight excluding hydrogens is 353 g/mol. The minimum absolute atomic E-state index is 0. The van der Waals surface area contributed by atoms with Crippen molar-refractivity contribution < 1.29 is 14.6 Å². The van der Waals surface area contributed by atoms with Crippen molar-refractivity contribution in [1.29, 1.82) is 0 Å². The van der Waals surface area contributed by atoms with Crippen LogP contribution in [0.2, 0.25) is 0 Å². The Morgan fingerprint density at radius 1 is 1.33 bits per heavy atom. The largest absolute Gasteiger partial charge is 0.392 e. The van der Waals surface area contributed by atoms with Gasteiger partial charge in [0.05, 0.1) is 11.5 Å². The third-order valence-electron chi connectivity index (χ3n) is 5.16. The smallest absolute Gasteiger partial charge is 0.230 e. The highest BCUT2D eigenvalue weighted by atomic mass is 35.5. The molecule has 2 atom stereocenters. The summed E-state index contributed by atoms with van der Waals surface area (Å²) in [6, 6.07) is 0.321. The van der Waals surface area contributed by atoms with Crippen molar-refractivity contribution >= 4 is 30.7 Å². The summed E-state index contributed by atoms with van der Waals surface area (Å²) in [5, 5.41) is 9.62. The molecule has 0 aromatic heterocycles. The zero-order chi connectivity index (χ0) is 16.2. The van der Waals surface area contributed by atoms with E-state index in [-0.39, 0.29) is 36.8 Å². The van der Waals surface area contributed by atoms with Crippen LogP contribution in [0, 0.1) is 5.41 Å². The zero-order valence-electron chi connectivity index (χ0n) is 14.8. The monoisotopic (exact) mass is 385 g/mol. The maximum absolute atomic E-state index is 13.0. The summed E-state index contributed by atoms with van der Waals surface area (Å²) < 4.78 is 5.40. The third-order valence-corrected chi connectivity index (χ3v) is 5.16. The quantitative estimate of drug-likeness (QED) is 0.734. The van der Waals surface area contributed by atoms with Crippen LogP contribution in [0.3, 0.4) is 0 Å². The first-order valence-electron chi connectivity index (χ1n) is 8.51. The molecule has 2 saturated heterocycles. The number of β-amino-alcohol motifs (C(OH)–C–C–N with tert-alkyl or cyclic N) is 1. The van der Waals surface area contributed by atoms with E-state index in [1.807, 2.05) is 11.8 Å². The molecule has 2 aliphatic rings. The van der Waals surface area contributed by atoms with Gasteiger partial charge in [0, 0.05) is 52.0 Å². The van der Waals surface area contributed by atoms with Crippen molar-refractivity contribution in [2.24, 2.45) is 11.1 Å². The van der Waals surface area contributed by atoms with Gasteiger partial charge < -0.3 is 20.5 Å².